The molecule has 0 spiro atoms. The largest absolute Gasteiger partial charge is 0.395 e. The first-order valence-electron chi connectivity index (χ1n) is 6.10. The van der Waals surface area contributed by atoms with Crippen LogP contribution in [0, 0.1) is 5.92 Å². The van der Waals surface area contributed by atoms with Crippen molar-refractivity contribution in [2.45, 2.75) is 39.3 Å². The van der Waals surface area contributed by atoms with Gasteiger partial charge in [0.05, 0.1) is 6.61 Å². The van der Waals surface area contributed by atoms with Gasteiger partial charge in [-0.15, -0.1) is 0 Å². The molecular weight excluding hydrogens is 198 g/mol. The summed E-state index contributed by atoms with van der Waals surface area (Å²) in [5.41, 5.74) is 1.30. The van der Waals surface area contributed by atoms with Crippen molar-refractivity contribution in [2.24, 2.45) is 5.92 Å². The van der Waals surface area contributed by atoms with E-state index in [2.05, 4.69) is 50.4 Å². The summed E-state index contributed by atoms with van der Waals surface area (Å²) in [4.78, 5) is 0. The number of nitrogens with one attached hydrogen (secondary N) is 1. The smallest absolute Gasteiger partial charge is 0.0584 e. The molecule has 1 rings (SSSR count). The summed E-state index contributed by atoms with van der Waals surface area (Å²) in [6.07, 6.45) is 0.951. The Morgan fingerprint density at radius 2 is 1.81 bits per heavy atom. The van der Waals surface area contributed by atoms with Crippen LogP contribution in [0.1, 0.15) is 38.8 Å². The molecule has 0 saturated heterocycles. The molecule has 2 nitrogen and oxygen atoms in total. The van der Waals surface area contributed by atoms with Gasteiger partial charge >= 0.3 is 0 Å². The SMILES string of the molecule is CC[C@@H](CO)NC(c1ccccc1)C(C)C. The molecule has 1 unspecified atom stereocenters. The average molecular weight is 221 g/mol. The minimum Gasteiger partial charge on any atom is -0.395 e. The summed E-state index contributed by atoms with van der Waals surface area (Å²) >= 11 is 0. The van der Waals surface area contributed by atoms with Crippen LogP contribution in [-0.4, -0.2) is 17.8 Å². The number of hydrogen-bond acceptors (Lipinski definition) is 2. The van der Waals surface area contributed by atoms with Crippen LogP contribution in [0.25, 0.3) is 0 Å². The van der Waals surface area contributed by atoms with Crippen LogP contribution in [0.3, 0.4) is 0 Å². The highest BCUT2D eigenvalue weighted by atomic mass is 16.3. The van der Waals surface area contributed by atoms with Crippen LogP contribution < -0.4 is 5.32 Å². The van der Waals surface area contributed by atoms with E-state index in [0.717, 1.165) is 6.42 Å². The van der Waals surface area contributed by atoms with E-state index in [1.807, 2.05) is 6.07 Å². The number of rotatable bonds is 6. The van der Waals surface area contributed by atoms with Gasteiger partial charge in [0.25, 0.3) is 0 Å². The summed E-state index contributed by atoms with van der Waals surface area (Å²) in [6.45, 7) is 6.70. The Morgan fingerprint density at radius 3 is 2.25 bits per heavy atom. The van der Waals surface area contributed by atoms with Crippen LogP contribution in [0.2, 0.25) is 0 Å². The van der Waals surface area contributed by atoms with Gasteiger partial charge in [0.15, 0.2) is 0 Å². The van der Waals surface area contributed by atoms with Gasteiger partial charge in [0.1, 0.15) is 0 Å². The number of aliphatic hydroxyl groups excluding tert-OH is 1. The van der Waals surface area contributed by atoms with Crippen LogP contribution in [0.4, 0.5) is 0 Å². The third kappa shape index (κ3) is 3.62. The molecule has 0 fully saturated rings. The predicted molar refractivity (Wildman–Crippen MR) is 68.3 cm³/mol. The fraction of sp³-hybridized carbons (Fsp3) is 0.571. The Morgan fingerprint density at radius 1 is 1.19 bits per heavy atom. The zero-order valence-corrected chi connectivity index (χ0v) is 10.5. The highest BCUT2D eigenvalue weighted by Gasteiger charge is 2.18. The molecule has 0 bridgehead atoms. The van der Waals surface area contributed by atoms with Gasteiger partial charge in [-0.25, -0.2) is 0 Å². The molecule has 0 radical (unpaired) electrons. The lowest BCUT2D eigenvalue weighted by Crippen LogP contribution is -2.37. The molecule has 2 N–H and O–H groups in total. The van der Waals surface area contributed by atoms with Crippen molar-refractivity contribution >= 4 is 0 Å². The fourth-order valence-electron chi connectivity index (χ4n) is 1.89. The van der Waals surface area contributed by atoms with Gasteiger partial charge in [-0.1, -0.05) is 51.1 Å². The summed E-state index contributed by atoms with van der Waals surface area (Å²) in [7, 11) is 0. The quantitative estimate of drug-likeness (QED) is 0.774. The van der Waals surface area contributed by atoms with Crippen molar-refractivity contribution in [3.05, 3.63) is 35.9 Å². The lowest BCUT2D eigenvalue weighted by atomic mass is 9.95. The maximum atomic E-state index is 9.24. The summed E-state index contributed by atoms with van der Waals surface area (Å²) < 4.78 is 0. The van der Waals surface area contributed by atoms with Crippen LogP contribution >= 0.6 is 0 Å². The van der Waals surface area contributed by atoms with Gasteiger partial charge < -0.3 is 10.4 Å². The van der Waals surface area contributed by atoms with Crippen molar-refractivity contribution in [3.8, 4) is 0 Å². The Labute approximate surface area is 98.7 Å². The van der Waals surface area contributed by atoms with E-state index in [1.165, 1.54) is 5.56 Å². The zero-order valence-electron chi connectivity index (χ0n) is 10.5. The van der Waals surface area contributed by atoms with Crippen molar-refractivity contribution < 1.29 is 5.11 Å². The normalized spacial score (nSPS) is 15.1. The van der Waals surface area contributed by atoms with E-state index in [0.29, 0.717) is 12.0 Å². The van der Waals surface area contributed by atoms with Gasteiger partial charge in [-0.3, -0.25) is 0 Å². The molecule has 0 aliphatic rings. The maximum absolute atomic E-state index is 9.24. The van der Waals surface area contributed by atoms with E-state index >= 15 is 0 Å². The number of benzene rings is 1. The number of hydrogen-bond donors (Lipinski definition) is 2. The van der Waals surface area contributed by atoms with E-state index in [4.69, 9.17) is 0 Å². The first kappa shape index (κ1) is 13.2. The van der Waals surface area contributed by atoms with E-state index < -0.39 is 0 Å². The lowest BCUT2D eigenvalue weighted by molar-refractivity contribution is 0.216. The third-order valence-corrected chi connectivity index (χ3v) is 2.95. The zero-order chi connectivity index (χ0) is 12.0. The Hall–Kier alpha value is -0.860. The van der Waals surface area contributed by atoms with Crippen molar-refractivity contribution in [1.82, 2.24) is 5.32 Å². The van der Waals surface area contributed by atoms with Gasteiger partial charge in [0, 0.05) is 12.1 Å². The predicted octanol–water partition coefficient (Wildman–Crippen LogP) is 2.74. The summed E-state index contributed by atoms with van der Waals surface area (Å²) in [5.74, 6) is 0.517. The molecule has 0 aliphatic carbocycles. The van der Waals surface area contributed by atoms with E-state index in [9.17, 15) is 5.11 Å². The lowest BCUT2D eigenvalue weighted by Gasteiger charge is -2.27. The minimum absolute atomic E-state index is 0.188. The molecule has 0 aromatic heterocycles. The second kappa shape index (κ2) is 6.66. The molecule has 16 heavy (non-hydrogen) atoms. The molecule has 0 amide bonds. The molecule has 0 aliphatic heterocycles. The molecule has 1 aromatic rings. The van der Waals surface area contributed by atoms with Gasteiger partial charge in [-0.2, -0.15) is 0 Å². The van der Waals surface area contributed by atoms with E-state index in [1.54, 1.807) is 0 Å². The topological polar surface area (TPSA) is 32.3 Å². The third-order valence-electron chi connectivity index (χ3n) is 2.95. The van der Waals surface area contributed by atoms with Crippen LogP contribution in [0.5, 0.6) is 0 Å². The first-order valence-corrected chi connectivity index (χ1v) is 6.10. The van der Waals surface area contributed by atoms with Crippen LogP contribution in [0.15, 0.2) is 30.3 Å². The Kier molecular flexibility index (Phi) is 5.50. The van der Waals surface area contributed by atoms with Gasteiger partial charge in [0.2, 0.25) is 0 Å². The molecule has 2 heteroatoms. The van der Waals surface area contributed by atoms with Crippen molar-refractivity contribution in [2.75, 3.05) is 6.61 Å². The second-order valence-corrected chi connectivity index (χ2v) is 4.59. The minimum atomic E-state index is 0.188. The van der Waals surface area contributed by atoms with Crippen molar-refractivity contribution in [1.29, 1.82) is 0 Å². The maximum Gasteiger partial charge on any atom is 0.0584 e. The van der Waals surface area contributed by atoms with Crippen LogP contribution in [-0.2, 0) is 0 Å². The summed E-state index contributed by atoms with van der Waals surface area (Å²) in [5, 5.41) is 12.8. The molecule has 0 saturated carbocycles. The molecular formula is C14H23NO. The highest BCUT2D eigenvalue weighted by molar-refractivity contribution is 5.19. The molecule has 90 valence electrons. The fourth-order valence-corrected chi connectivity index (χ4v) is 1.89. The van der Waals surface area contributed by atoms with E-state index in [-0.39, 0.29) is 12.6 Å². The van der Waals surface area contributed by atoms with Crippen molar-refractivity contribution in [3.63, 3.8) is 0 Å². The molecule has 0 heterocycles. The average Bonchev–Trinajstić information content (AvgIpc) is 2.31. The Balaban J connectivity index is 2.76. The summed E-state index contributed by atoms with van der Waals surface area (Å²) in [6, 6.07) is 10.9. The monoisotopic (exact) mass is 221 g/mol. The Bertz CT molecular complexity index is 280. The van der Waals surface area contributed by atoms with Gasteiger partial charge in [-0.05, 0) is 17.9 Å². The molecule has 1 aromatic carbocycles. The standard InChI is InChI=1S/C14H23NO/c1-4-13(10-16)15-14(11(2)3)12-8-6-5-7-9-12/h5-9,11,13-16H,4,10H2,1-3H3/t13-,14?/m0/s1. The number of aliphatic hydroxyl groups is 1. The molecule has 2 atom stereocenters. The highest BCUT2D eigenvalue weighted by Crippen LogP contribution is 2.22. The second-order valence-electron chi connectivity index (χ2n) is 4.59. The first-order chi connectivity index (χ1) is 7.69.